The van der Waals surface area contributed by atoms with Gasteiger partial charge in [0.2, 0.25) is 0 Å². The van der Waals surface area contributed by atoms with Crippen LogP contribution in [0.3, 0.4) is 0 Å². The molecule has 0 aliphatic rings. The van der Waals surface area contributed by atoms with E-state index in [1.165, 1.54) is 0 Å². The zero-order chi connectivity index (χ0) is 11.6. The fraction of sp³-hybridized carbons (Fsp3) is 0.308. The summed E-state index contributed by atoms with van der Waals surface area (Å²) in [6, 6.07) is 5.97. The molecule has 0 bridgehead atoms. The van der Waals surface area contributed by atoms with Crippen LogP contribution in [0, 0.1) is 32.1 Å². The van der Waals surface area contributed by atoms with Crippen molar-refractivity contribution in [3.63, 3.8) is 0 Å². The number of rotatable bonds is 1. The van der Waals surface area contributed by atoms with Gasteiger partial charge in [0.1, 0.15) is 5.76 Å². The monoisotopic (exact) mass is 201 g/mol. The maximum Gasteiger partial charge on any atom is 0.136 e. The Bertz CT molecular complexity index is 441. The minimum atomic E-state index is 0.0903. The quantitative estimate of drug-likeness (QED) is 0.559. The van der Waals surface area contributed by atoms with Gasteiger partial charge in [-0.2, -0.15) is 5.26 Å². The van der Waals surface area contributed by atoms with Gasteiger partial charge < -0.3 is 5.11 Å². The number of aliphatic hydroxyl groups excluding tert-OH is 1. The smallest absolute Gasteiger partial charge is 0.136 e. The van der Waals surface area contributed by atoms with E-state index in [0.717, 1.165) is 22.3 Å². The number of nitriles is 1. The van der Waals surface area contributed by atoms with Crippen LogP contribution in [-0.4, -0.2) is 5.11 Å². The third kappa shape index (κ3) is 2.19. The van der Waals surface area contributed by atoms with Crippen LogP contribution >= 0.6 is 0 Å². The summed E-state index contributed by atoms with van der Waals surface area (Å²) in [4.78, 5) is 0. The molecule has 1 rings (SSSR count). The molecule has 0 amide bonds. The Kier molecular flexibility index (Phi) is 3.16. The Morgan fingerprint density at radius 2 is 1.67 bits per heavy atom. The number of allylic oxidation sites excluding steroid dienone is 1. The number of hydrogen-bond donors (Lipinski definition) is 1. The maximum atomic E-state index is 9.90. The number of hydrogen-bond acceptors (Lipinski definition) is 2. The van der Waals surface area contributed by atoms with Gasteiger partial charge in [0.15, 0.2) is 0 Å². The lowest BCUT2D eigenvalue weighted by Gasteiger charge is -2.10. The molecule has 0 heterocycles. The van der Waals surface area contributed by atoms with Crippen LogP contribution in [0.15, 0.2) is 17.7 Å². The summed E-state index contributed by atoms with van der Waals surface area (Å²) in [6.07, 6.45) is 0. The Morgan fingerprint density at radius 1 is 1.20 bits per heavy atom. The van der Waals surface area contributed by atoms with Crippen LogP contribution in [0.25, 0.3) is 5.76 Å². The molecule has 0 unspecified atom stereocenters. The van der Waals surface area contributed by atoms with E-state index in [4.69, 9.17) is 5.26 Å². The first-order valence-electron chi connectivity index (χ1n) is 4.85. The molecule has 0 aliphatic heterocycles. The van der Waals surface area contributed by atoms with Gasteiger partial charge in [0, 0.05) is 5.56 Å². The van der Waals surface area contributed by atoms with Crippen LogP contribution in [-0.2, 0) is 0 Å². The maximum absolute atomic E-state index is 9.90. The molecule has 15 heavy (non-hydrogen) atoms. The topological polar surface area (TPSA) is 44.0 Å². The lowest BCUT2D eigenvalue weighted by Crippen LogP contribution is -1.96. The molecule has 0 spiro atoms. The van der Waals surface area contributed by atoms with Crippen molar-refractivity contribution in [2.24, 2.45) is 0 Å². The van der Waals surface area contributed by atoms with E-state index in [9.17, 15) is 5.11 Å². The largest absolute Gasteiger partial charge is 0.506 e. The second kappa shape index (κ2) is 4.18. The number of aryl methyl sites for hydroxylation is 3. The summed E-state index contributed by atoms with van der Waals surface area (Å²) in [5, 5.41) is 18.6. The molecule has 2 nitrogen and oxygen atoms in total. The van der Waals surface area contributed by atoms with Gasteiger partial charge in [-0.3, -0.25) is 0 Å². The van der Waals surface area contributed by atoms with Gasteiger partial charge in [0.05, 0.1) is 11.6 Å². The van der Waals surface area contributed by atoms with E-state index in [1.807, 2.05) is 39.0 Å². The number of aliphatic hydroxyl groups is 1. The summed E-state index contributed by atoms with van der Waals surface area (Å²) in [7, 11) is 0. The van der Waals surface area contributed by atoms with E-state index in [-0.39, 0.29) is 5.76 Å². The average molecular weight is 201 g/mol. The van der Waals surface area contributed by atoms with Gasteiger partial charge >= 0.3 is 0 Å². The molecule has 2 heteroatoms. The molecule has 0 radical (unpaired) electrons. The fourth-order valence-electron chi connectivity index (χ4n) is 1.79. The molecular weight excluding hydrogens is 186 g/mol. The van der Waals surface area contributed by atoms with E-state index < -0.39 is 0 Å². The molecule has 1 aromatic carbocycles. The zero-order valence-corrected chi connectivity index (χ0v) is 9.55. The molecule has 0 aliphatic carbocycles. The molecule has 78 valence electrons. The molecule has 0 saturated heterocycles. The van der Waals surface area contributed by atoms with E-state index >= 15 is 0 Å². The van der Waals surface area contributed by atoms with Crippen molar-refractivity contribution in [1.29, 1.82) is 5.26 Å². The van der Waals surface area contributed by atoms with Crippen molar-refractivity contribution >= 4 is 5.76 Å². The Hall–Kier alpha value is -1.75. The molecular formula is C13H15NO. The zero-order valence-electron chi connectivity index (χ0n) is 9.55. The van der Waals surface area contributed by atoms with Crippen LogP contribution in [0.1, 0.15) is 29.2 Å². The molecule has 1 N–H and O–H groups in total. The molecule has 0 saturated carbocycles. The van der Waals surface area contributed by atoms with Gasteiger partial charge in [-0.1, -0.05) is 17.7 Å². The summed E-state index contributed by atoms with van der Waals surface area (Å²) < 4.78 is 0. The summed E-state index contributed by atoms with van der Waals surface area (Å²) in [5.74, 6) is 0.0903. The predicted octanol–water partition coefficient (Wildman–Crippen LogP) is 3.42. The standard InChI is InChI=1S/C13H15NO/c1-8-5-9(2)12(10(3)6-8)13(15)11(4)7-14/h5-6,15H,1-4H3/b13-11-. The average Bonchev–Trinajstić information content (AvgIpc) is 2.14. The minimum Gasteiger partial charge on any atom is -0.506 e. The highest BCUT2D eigenvalue weighted by Gasteiger charge is 2.10. The van der Waals surface area contributed by atoms with Crippen molar-refractivity contribution in [3.05, 3.63) is 40.0 Å². The predicted molar refractivity (Wildman–Crippen MR) is 61.5 cm³/mol. The van der Waals surface area contributed by atoms with Crippen LogP contribution in [0.4, 0.5) is 0 Å². The number of nitrogens with zero attached hydrogens (tertiary/aromatic N) is 1. The highest BCUT2D eigenvalue weighted by molar-refractivity contribution is 5.70. The summed E-state index contributed by atoms with van der Waals surface area (Å²) in [5.41, 5.74) is 4.29. The Labute approximate surface area is 90.5 Å². The van der Waals surface area contributed by atoms with Crippen molar-refractivity contribution in [2.75, 3.05) is 0 Å². The first-order chi connectivity index (χ1) is 6.97. The van der Waals surface area contributed by atoms with E-state index in [2.05, 4.69) is 0 Å². The van der Waals surface area contributed by atoms with Crippen molar-refractivity contribution < 1.29 is 5.11 Å². The first-order valence-corrected chi connectivity index (χ1v) is 4.85. The highest BCUT2D eigenvalue weighted by atomic mass is 16.3. The van der Waals surface area contributed by atoms with Crippen molar-refractivity contribution in [1.82, 2.24) is 0 Å². The fourth-order valence-corrected chi connectivity index (χ4v) is 1.79. The number of benzene rings is 1. The third-order valence-corrected chi connectivity index (χ3v) is 2.44. The van der Waals surface area contributed by atoms with E-state index in [1.54, 1.807) is 6.92 Å². The van der Waals surface area contributed by atoms with Gasteiger partial charge in [0.25, 0.3) is 0 Å². The Morgan fingerprint density at radius 3 is 2.07 bits per heavy atom. The van der Waals surface area contributed by atoms with Gasteiger partial charge in [-0.05, 0) is 38.8 Å². The molecule has 0 aromatic heterocycles. The second-order valence-corrected chi connectivity index (χ2v) is 3.86. The highest BCUT2D eigenvalue weighted by Crippen LogP contribution is 2.24. The lowest BCUT2D eigenvalue weighted by molar-refractivity contribution is 0.507. The molecule has 1 aromatic rings. The summed E-state index contributed by atoms with van der Waals surface area (Å²) >= 11 is 0. The van der Waals surface area contributed by atoms with Crippen LogP contribution in [0.2, 0.25) is 0 Å². The van der Waals surface area contributed by atoms with Crippen LogP contribution in [0.5, 0.6) is 0 Å². The summed E-state index contributed by atoms with van der Waals surface area (Å²) in [6.45, 7) is 7.52. The SMILES string of the molecule is C/C(C#N)=C(/O)c1c(C)cc(C)cc1C. The van der Waals surface area contributed by atoms with E-state index in [0.29, 0.717) is 5.57 Å². The molecule has 0 fully saturated rings. The minimum absolute atomic E-state index is 0.0903. The van der Waals surface area contributed by atoms with Gasteiger partial charge in [-0.15, -0.1) is 0 Å². The normalized spacial score (nSPS) is 11.9. The third-order valence-electron chi connectivity index (χ3n) is 2.44. The first kappa shape index (κ1) is 11.3. The van der Waals surface area contributed by atoms with Crippen molar-refractivity contribution in [2.45, 2.75) is 27.7 Å². The molecule has 0 atom stereocenters. The lowest BCUT2D eigenvalue weighted by atomic mass is 9.97. The van der Waals surface area contributed by atoms with Crippen molar-refractivity contribution in [3.8, 4) is 6.07 Å². The Balaban J connectivity index is 3.47. The van der Waals surface area contributed by atoms with Gasteiger partial charge in [-0.25, -0.2) is 0 Å². The second-order valence-electron chi connectivity index (χ2n) is 3.86. The van der Waals surface area contributed by atoms with Crippen LogP contribution < -0.4 is 0 Å².